The summed E-state index contributed by atoms with van der Waals surface area (Å²) in [4.78, 5) is 27.5. The zero-order valence-corrected chi connectivity index (χ0v) is 13.9. The Morgan fingerprint density at radius 3 is 2.75 bits per heavy atom. The third-order valence-electron chi connectivity index (χ3n) is 3.15. The topological polar surface area (TPSA) is 103 Å². The van der Waals surface area contributed by atoms with Gasteiger partial charge in [0.25, 0.3) is 0 Å². The highest BCUT2D eigenvalue weighted by Gasteiger charge is 2.18. The summed E-state index contributed by atoms with van der Waals surface area (Å²) < 4.78 is 0. The van der Waals surface area contributed by atoms with Gasteiger partial charge in [-0.25, -0.2) is 9.78 Å². The number of pyridine rings is 1. The van der Waals surface area contributed by atoms with Crippen LogP contribution in [0.4, 0.5) is 5.69 Å². The highest BCUT2D eigenvalue weighted by Crippen LogP contribution is 2.26. The van der Waals surface area contributed by atoms with Crippen molar-refractivity contribution in [3.05, 3.63) is 53.2 Å². The number of carbonyl (C=O) groups excluding carboxylic acids is 1. The van der Waals surface area contributed by atoms with E-state index in [0.29, 0.717) is 16.3 Å². The maximum absolute atomic E-state index is 12.3. The fourth-order valence-electron chi connectivity index (χ4n) is 1.90. The van der Waals surface area contributed by atoms with E-state index in [1.807, 2.05) is 6.92 Å². The van der Waals surface area contributed by atoms with Gasteiger partial charge in [0.2, 0.25) is 5.91 Å². The summed E-state index contributed by atoms with van der Waals surface area (Å²) in [5.74, 6) is -1.36. The van der Waals surface area contributed by atoms with Gasteiger partial charge in [-0.3, -0.25) is 4.79 Å². The molecule has 2 rings (SSSR count). The number of nitrogens with one attached hydrogen (secondary N) is 1. The number of amides is 1. The van der Waals surface area contributed by atoms with Crippen molar-refractivity contribution in [3.63, 3.8) is 0 Å². The largest absolute Gasteiger partial charge is 0.478 e. The van der Waals surface area contributed by atoms with E-state index in [1.54, 1.807) is 31.2 Å². The highest BCUT2D eigenvalue weighted by molar-refractivity contribution is 8.00. The number of carbonyl (C=O) groups is 2. The molecule has 6 nitrogen and oxygen atoms in total. The van der Waals surface area contributed by atoms with Gasteiger partial charge in [-0.15, -0.1) is 0 Å². The van der Waals surface area contributed by atoms with Crippen molar-refractivity contribution in [1.29, 1.82) is 5.26 Å². The predicted molar refractivity (Wildman–Crippen MR) is 91.0 cm³/mol. The minimum atomic E-state index is -1.06. The van der Waals surface area contributed by atoms with Gasteiger partial charge in [0.1, 0.15) is 11.1 Å². The van der Waals surface area contributed by atoms with Gasteiger partial charge in [-0.05, 0) is 44.2 Å². The zero-order chi connectivity index (χ0) is 17.7. The molecule has 0 saturated heterocycles. The Balaban J connectivity index is 2.11. The smallest absolute Gasteiger partial charge is 0.335 e. The molecule has 2 aromatic rings. The molecule has 1 amide bonds. The summed E-state index contributed by atoms with van der Waals surface area (Å²) in [6.07, 6.45) is 0. The number of hydrogen-bond acceptors (Lipinski definition) is 5. The Kier molecular flexibility index (Phi) is 5.55. The van der Waals surface area contributed by atoms with Gasteiger partial charge in [0, 0.05) is 11.4 Å². The van der Waals surface area contributed by atoms with E-state index in [1.165, 1.54) is 23.9 Å². The minimum Gasteiger partial charge on any atom is -0.478 e. The van der Waals surface area contributed by atoms with Crippen LogP contribution in [0.2, 0.25) is 0 Å². The molecular weight excluding hydrogens is 326 g/mol. The zero-order valence-electron chi connectivity index (χ0n) is 13.1. The molecule has 0 saturated carbocycles. The molecular formula is C17H15N3O3S. The molecule has 24 heavy (non-hydrogen) atoms. The number of thioether (sulfide) groups is 1. The van der Waals surface area contributed by atoms with Crippen molar-refractivity contribution in [2.24, 2.45) is 0 Å². The number of hydrogen-bond donors (Lipinski definition) is 2. The molecule has 1 heterocycles. The van der Waals surface area contributed by atoms with E-state index < -0.39 is 11.2 Å². The van der Waals surface area contributed by atoms with Crippen LogP contribution in [0.3, 0.4) is 0 Å². The normalized spacial score (nSPS) is 11.4. The summed E-state index contributed by atoms with van der Waals surface area (Å²) in [6.45, 7) is 3.51. The van der Waals surface area contributed by atoms with Gasteiger partial charge in [0.15, 0.2) is 0 Å². The van der Waals surface area contributed by atoms with Crippen molar-refractivity contribution in [2.75, 3.05) is 5.32 Å². The summed E-state index contributed by atoms with van der Waals surface area (Å²) in [6, 6.07) is 11.5. The van der Waals surface area contributed by atoms with E-state index >= 15 is 0 Å². The lowest BCUT2D eigenvalue weighted by Gasteiger charge is -2.13. The number of nitrogens with zero attached hydrogens (tertiary/aromatic N) is 2. The summed E-state index contributed by atoms with van der Waals surface area (Å²) in [7, 11) is 0. The molecule has 1 aromatic carbocycles. The number of aryl methyl sites for hydroxylation is 1. The molecule has 2 N–H and O–H groups in total. The number of nitriles is 1. The second-order valence-corrected chi connectivity index (χ2v) is 6.38. The molecule has 1 unspecified atom stereocenters. The third-order valence-corrected chi connectivity index (χ3v) is 4.26. The number of aromatic carboxylic acids is 1. The van der Waals surface area contributed by atoms with E-state index in [2.05, 4.69) is 16.4 Å². The number of aromatic nitrogens is 1. The molecule has 0 aliphatic rings. The van der Waals surface area contributed by atoms with E-state index in [4.69, 9.17) is 10.4 Å². The molecule has 1 atom stereocenters. The van der Waals surface area contributed by atoms with Gasteiger partial charge in [-0.1, -0.05) is 17.8 Å². The summed E-state index contributed by atoms with van der Waals surface area (Å²) >= 11 is 1.18. The van der Waals surface area contributed by atoms with E-state index in [9.17, 15) is 9.59 Å². The van der Waals surface area contributed by atoms with Crippen molar-refractivity contribution in [3.8, 4) is 6.07 Å². The monoisotopic (exact) mass is 341 g/mol. The molecule has 0 spiro atoms. The van der Waals surface area contributed by atoms with Crippen molar-refractivity contribution in [1.82, 2.24) is 4.98 Å². The van der Waals surface area contributed by atoms with Crippen LogP contribution in [-0.4, -0.2) is 27.2 Å². The SMILES string of the molecule is Cc1ccc(C#N)c(SC(C)C(=O)Nc2cccc(C(=O)O)c2)n1. The first-order valence-electron chi connectivity index (χ1n) is 7.09. The van der Waals surface area contributed by atoms with Crippen LogP contribution in [0.5, 0.6) is 0 Å². The number of anilines is 1. The lowest BCUT2D eigenvalue weighted by molar-refractivity contribution is -0.115. The van der Waals surface area contributed by atoms with Crippen molar-refractivity contribution < 1.29 is 14.7 Å². The molecule has 0 radical (unpaired) electrons. The van der Waals surface area contributed by atoms with Gasteiger partial charge in [0.05, 0.1) is 16.4 Å². The standard InChI is InChI=1S/C17H15N3O3S/c1-10-6-7-13(9-18)16(19-10)24-11(2)15(21)20-14-5-3-4-12(8-14)17(22)23/h3-8,11H,1-2H3,(H,20,21)(H,22,23). The lowest BCUT2D eigenvalue weighted by Crippen LogP contribution is -2.22. The van der Waals surface area contributed by atoms with Gasteiger partial charge >= 0.3 is 5.97 Å². The Hall–Kier alpha value is -2.85. The average Bonchev–Trinajstić information content (AvgIpc) is 2.55. The average molecular weight is 341 g/mol. The number of rotatable bonds is 5. The first kappa shape index (κ1) is 17.5. The molecule has 122 valence electrons. The second kappa shape index (κ2) is 7.62. The van der Waals surface area contributed by atoms with Crippen LogP contribution in [0.1, 0.15) is 28.5 Å². The molecule has 7 heteroatoms. The van der Waals surface area contributed by atoms with E-state index in [-0.39, 0.29) is 11.5 Å². The molecule has 1 aromatic heterocycles. The first-order valence-corrected chi connectivity index (χ1v) is 7.97. The van der Waals surface area contributed by atoms with Crippen LogP contribution in [-0.2, 0) is 4.79 Å². The highest BCUT2D eigenvalue weighted by atomic mass is 32.2. The summed E-state index contributed by atoms with van der Waals surface area (Å²) in [5.41, 5.74) is 1.68. The molecule has 0 fully saturated rings. The fourth-order valence-corrected chi connectivity index (χ4v) is 2.84. The van der Waals surface area contributed by atoms with Crippen LogP contribution >= 0.6 is 11.8 Å². The van der Waals surface area contributed by atoms with Crippen LogP contribution in [0, 0.1) is 18.3 Å². The Morgan fingerprint density at radius 2 is 2.08 bits per heavy atom. The second-order valence-electron chi connectivity index (χ2n) is 5.05. The maximum Gasteiger partial charge on any atom is 0.335 e. The van der Waals surface area contributed by atoms with Crippen LogP contribution < -0.4 is 5.32 Å². The number of carboxylic acids is 1. The first-order chi connectivity index (χ1) is 11.4. The predicted octanol–water partition coefficient (Wildman–Crippen LogP) is 3.08. The van der Waals surface area contributed by atoms with Crippen LogP contribution in [0.25, 0.3) is 0 Å². The van der Waals surface area contributed by atoms with Crippen molar-refractivity contribution >= 4 is 29.3 Å². The lowest BCUT2D eigenvalue weighted by atomic mass is 10.2. The summed E-state index contributed by atoms with van der Waals surface area (Å²) in [5, 5.41) is 20.8. The Labute approximate surface area is 143 Å². The molecule has 0 bridgehead atoms. The quantitative estimate of drug-likeness (QED) is 0.810. The fraction of sp³-hybridized carbons (Fsp3) is 0.176. The maximum atomic E-state index is 12.3. The van der Waals surface area contributed by atoms with Crippen LogP contribution in [0.15, 0.2) is 41.4 Å². The Morgan fingerprint density at radius 1 is 1.33 bits per heavy atom. The van der Waals surface area contributed by atoms with Crippen molar-refractivity contribution in [2.45, 2.75) is 24.1 Å². The number of carboxylic acid groups (broad SMARTS) is 1. The number of benzene rings is 1. The molecule has 0 aliphatic carbocycles. The van der Waals surface area contributed by atoms with E-state index in [0.717, 1.165) is 5.69 Å². The van der Waals surface area contributed by atoms with Gasteiger partial charge < -0.3 is 10.4 Å². The van der Waals surface area contributed by atoms with Gasteiger partial charge in [-0.2, -0.15) is 5.26 Å². The third kappa shape index (κ3) is 4.33. The molecule has 0 aliphatic heterocycles. The Bertz CT molecular complexity index is 830. The minimum absolute atomic E-state index is 0.0974.